The van der Waals surface area contributed by atoms with Crippen LogP contribution in [0.15, 0.2) is 11.8 Å². The number of allylic oxidation sites excluding steroid dienone is 1. The normalized spacial score (nSPS) is 15.1. The molecule has 1 aliphatic rings. The van der Waals surface area contributed by atoms with E-state index in [2.05, 4.69) is 31.1 Å². The van der Waals surface area contributed by atoms with Crippen LogP contribution in [-0.2, 0) is 12.8 Å². The fraction of sp³-hybridized carbons (Fsp3) is 0.538. The topological polar surface area (TPSA) is 15.8 Å². The van der Waals surface area contributed by atoms with Crippen molar-refractivity contribution in [2.45, 2.75) is 46.0 Å². The van der Waals surface area contributed by atoms with Crippen LogP contribution in [0.25, 0.3) is 6.08 Å². The summed E-state index contributed by atoms with van der Waals surface area (Å²) in [4.78, 5) is 3.41. The van der Waals surface area contributed by atoms with E-state index in [4.69, 9.17) is 0 Å². The minimum atomic E-state index is 1.20. The summed E-state index contributed by atoms with van der Waals surface area (Å²) in [6, 6.07) is 0. The SMILES string of the molecule is CCCc1c[nH]c2c1C=C(CC)CC2. The molecule has 0 saturated carbocycles. The molecule has 2 rings (SSSR count). The van der Waals surface area contributed by atoms with E-state index in [0.29, 0.717) is 0 Å². The molecule has 1 aromatic heterocycles. The van der Waals surface area contributed by atoms with Crippen LogP contribution in [0.2, 0.25) is 0 Å². The average molecular weight is 189 g/mol. The lowest BCUT2D eigenvalue weighted by molar-refractivity contribution is 0.853. The first-order valence-corrected chi connectivity index (χ1v) is 5.73. The van der Waals surface area contributed by atoms with Gasteiger partial charge in [-0.3, -0.25) is 0 Å². The highest BCUT2D eigenvalue weighted by molar-refractivity contribution is 5.61. The Hall–Kier alpha value is -0.980. The molecule has 0 saturated heterocycles. The minimum absolute atomic E-state index is 1.20. The first kappa shape index (κ1) is 9.57. The molecule has 0 aliphatic heterocycles. The van der Waals surface area contributed by atoms with Crippen molar-refractivity contribution in [1.82, 2.24) is 4.98 Å². The zero-order valence-electron chi connectivity index (χ0n) is 9.19. The number of fused-ring (bicyclic) bond motifs is 1. The molecule has 0 radical (unpaired) electrons. The maximum atomic E-state index is 3.41. The highest BCUT2D eigenvalue weighted by Gasteiger charge is 2.13. The summed E-state index contributed by atoms with van der Waals surface area (Å²) < 4.78 is 0. The maximum Gasteiger partial charge on any atom is 0.0226 e. The smallest absolute Gasteiger partial charge is 0.0226 e. The first-order valence-electron chi connectivity index (χ1n) is 5.73. The second-order valence-corrected chi connectivity index (χ2v) is 4.11. The van der Waals surface area contributed by atoms with E-state index < -0.39 is 0 Å². The summed E-state index contributed by atoms with van der Waals surface area (Å²) in [5.41, 5.74) is 6.06. The Morgan fingerprint density at radius 2 is 2.14 bits per heavy atom. The van der Waals surface area contributed by atoms with Gasteiger partial charge in [0, 0.05) is 11.9 Å². The molecule has 1 nitrogen and oxygen atoms in total. The Morgan fingerprint density at radius 1 is 1.29 bits per heavy atom. The third-order valence-electron chi connectivity index (χ3n) is 3.11. The van der Waals surface area contributed by atoms with Crippen LogP contribution in [0, 0.1) is 0 Å². The second-order valence-electron chi connectivity index (χ2n) is 4.11. The highest BCUT2D eigenvalue weighted by Crippen LogP contribution is 2.28. The average Bonchev–Trinajstić information content (AvgIpc) is 2.61. The molecule has 1 aromatic rings. The molecule has 0 atom stereocenters. The van der Waals surface area contributed by atoms with E-state index >= 15 is 0 Å². The second kappa shape index (κ2) is 4.04. The van der Waals surface area contributed by atoms with Crippen molar-refractivity contribution in [2.24, 2.45) is 0 Å². The largest absolute Gasteiger partial charge is 0.364 e. The quantitative estimate of drug-likeness (QED) is 0.746. The van der Waals surface area contributed by atoms with Gasteiger partial charge in [-0.15, -0.1) is 0 Å². The van der Waals surface area contributed by atoms with Gasteiger partial charge in [0.05, 0.1) is 0 Å². The molecule has 1 N–H and O–H groups in total. The number of hydrogen-bond donors (Lipinski definition) is 1. The van der Waals surface area contributed by atoms with Crippen molar-refractivity contribution in [3.8, 4) is 0 Å². The fourth-order valence-corrected chi connectivity index (χ4v) is 2.23. The zero-order valence-corrected chi connectivity index (χ0v) is 9.19. The number of nitrogens with one attached hydrogen (secondary N) is 1. The van der Waals surface area contributed by atoms with E-state index in [0.717, 1.165) is 0 Å². The number of aromatic amines is 1. The molecule has 1 heterocycles. The van der Waals surface area contributed by atoms with E-state index in [1.54, 1.807) is 5.57 Å². The Kier molecular flexibility index (Phi) is 2.76. The Morgan fingerprint density at radius 3 is 2.86 bits per heavy atom. The molecule has 76 valence electrons. The van der Waals surface area contributed by atoms with Gasteiger partial charge in [-0.1, -0.05) is 31.9 Å². The maximum absolute atomic E-state index is 3.41. The summed E-state index contributed by atoms with van der Waals surface area (Å²) in [6.07, 6.45) is 10.7. The summed E-state index contributed by atoms with van der Waals surface area (Å²) in [7, 11) is 0. The van der Waals surface area contributed by atoms with Crippen molar-refractivity contribution in [3.05, 3.63) is 28.6 Å². The Labute approximate surface area is 86.2 Å². The molecule has 0 fully saturated rings. The first-order chi connectivity index (χ1) is 6.85. The van der Waals surface area contributed by atoms with Gasteiger partial charge in [-0.2, -0.15) is 0 Å². The molecule has 0 amide bonds. The molecule has 1 heteroatoms. The predicted octanol–water partition coefficient (Wildman–Crippen LogP) is 3.71. The standard InChI is InChI=1S/C13H19N/c1-3-5-11-9-14-13-7-6-10(4-2)8-12(11)13/h8-9,14H,3-7H2,1-2H3. The lowest BCUT2D eigenvalue weighted by atomic mass is 9.93. The predicted molar refractivity (Wildman–Crippen MR) is 61.4 cm³/mol. The van der Waals surface area contributed by atoms with Crippen molar-refractivity contribution in [3.63, 3.8) is 0 Å². The van der Waals surface area contributed by atoms with Crippen molar-refractivity contribution < 1.29 is 0 Å². The lowest BCUT2D eigenvalue weighted by Gasteiger charge is -2.12. The van der Waals surface area contributed by atoms with E-state index in [1.165, 1.54) is 48.9 Å². The van der Waals surface area contributed by atoms with Gasteiger partial charge in [0.15, 0.2) is 0 Å². The van der Waals surface area contributed by atoms with Gasteiger partial charge in [0.25, 0.3) is 0 Å². The van der Waals surface area contributed by atoms with Crippen LogP contribution in [0.5, 0.6) is 0 Å². The highest BCUT2D eigenvalue weighted by atomic mass is 14.7. The molecular formula is C13H19N. The summed E-state index contributed by atoms with van der Waals surface area (Å²) in [5, 5.41) is 0. The number of H-pyrrole nitrogens is 1. The van der Waals surface area contributed by atoms with Crippen molar-refractivity contribution in [1.29, 1.82) is 0 Å². The monoisotopic (exact) mass is 189 g/mol. The molecule has 0 unspecified atom stereocenters. The van der Waals surface area contributed by atoms with E-state index in [9.17, 15) is 0 Å². The molecular weight excluding hydrogens is 170 g/mol. The molecule has 0 aromatic carbocycles. The van der Waals surface area contributed by atoms with E-state index in [-0.39, 0.29) is 0 Å². The van der Waals surface area contributed by atoms with Crippen LogP contribution in [0.1, 0.15) is 49.9 Å². The van der Waals surface area contributed by atoms with Crippen LogP contribution in [0.3, 0.4) is 0 Å². The lowest BCUT2D eigenvalue weighted by Crippen LogP contribution is -1.98. The van der Waals surface area contributed by atoms with Gasteiger partial charge >= 0.3 is 0 Å². The number of aryl methyl sites for hydroxylation is 2. The van der Waals surface area contributed by atoms with Gasteiger partial charge in [-0.25, -0.2) is 0 Å². The number of aromatic nitrogens is 1. The van der Waals surface area contributed by atoms with Crippen molar-refractivity contribution >= 4 is 6.08 Å². The summed E-state index contributed by atoms with van der Waals surface area (Å²) >= 11 is 0. The number of hydrogen-bond acceptors (Lipinski definition) is 0. The summed E-state index contributed by atoms with van der Waals surface area (Å²) in [5.74, 6) is 0. The van der Waals surface area contributed by atoms with Gasteiger partial charge in [0.1, 0.15) is 0 Å². The van der Waals surface area contributed by atoms with Gasteiger partial charge in [-0.05, 0) is 36.8 Å². The Bertz CT molecular complexity index is 344. The van der Waals surface area contributed by atoms with Gasteiger partial charge in [0.2, 0.25) is 0 Å². The molecule has 1 aliphatic carbocycles. The fourth-order valence-electron chi connectivity index (χ4n) is 2.23. The van der Waals surface area contributed by atoms with Gasteiger partial charge < -0.3 is 4.98 Å². The third-order valence-corrected chi connectivity index (χ3v) is 3.11. The molecule has 14 heavy (non-hydrogen) atoms. The zero-order chi connectivity index (χ0) is 9.97. The minimum Gasteiger partial charge on any atom is -0.364 e. The van der Waals surface area contributed by atoms with Crippen molar-refractivity contribution in [2.75, 3.05) is 0 Å². The van der Waals surface area contributed by atoms with E-state index in [1.807, 2.05) is 0 Å². The van der Waals surface area contributed by atoms with Crippen LogP contribution in [0.4, 0.5) is 0 Å². The molecule has 0 spiro atoms. The summed E-state index contributed by atoms with van der Waals surface area (Å²) in [6.45, 7) is 4.50. The number of rotatable bonds is 3. The molecule has 0 bridgehead atoms. The third kappa shape index (κ3) is 1.63. The van der Waals surface area contributed by atoms with Crippen LogP contribution >= 0.6 is 0 Å². The van der Waals surface area contributed by atoms with Crippen LogP contribution in [-0.4, -0.2) is 4.98 Å². The van der Waals surface area contributed by atoms with Crippen LogP contribution < -0.4 is 0 Å². The Balaban J connectivity index is 2.33.